The minimum absolute atomic E-state index is 0.00663. The molecule has 0 bridgehead atoms. The van der Waals surface area contributed by atoms with E-state index in [0.717, 1.165) is 38.2 Å². The summed E-state index contributed by atoms with van der Waals surface area (Å²) < 4.78 is 0. The fourth-order valence-electron chi connectivity index (χ4n) is 1.65. The molecule has 2 N–H and O–H groups in total. The normalized spacial score (nSPS) is 10.6. The van der Waals surface area contributed by atoms with Gasteiger partial charge in [0.2, 0.25) is 5.91 Å². The van der Waals surface area contributed by atoms with E-state index in [9.17, 15) is 4.79 Å². The van der Waals surface area contributed by atoms with Crippen molar-refractivity contribution in [1.82, 2.24) is 15.1 Å². The highest BCUT2D eigenvalue weighted by molar-refractivity contribution is 5.89. The number of unbranched alkanes of at least 4 members (excludes halogenated alkanes) is 1. The molecule has 0 aliphatic carbocycles. The number of nitrogens with zero attached hydrogens (tertiary/aromatic N) is 3. The maximum absolute atomic E-state index is 11.5. The molecule has 0 saturated heterocycles. The van der Waals surface area contributed by atoms with Crippen LogP contribution in [0.5, 0.6) is 0 Å². The molecule has 1 rings (SSSR count). The van der Waals surface area contributed by atoms with Crippen molar-refractivity contribution in [3.8, 4) is 0 Å². The van der Waals surface area contributed by atoms with Crippen LogP contribution in [-0.2, 0) is 4.79 Å². The largest absolute Gasteiger partial charge is 0.369 e. The molecule has 0 spiro atoms. The van der Waals surface area contributed by atoms with Crippen LogP contribution < -0.4 is 10.6 Å². The number of hydrogen-bond donors (Lipinski definition) is 2. The lowest BCUT2D eigenvalue weighted by Crippen LogP contribution is -2.17. The van der Waals surface area contributed by atoms with Gasteiger partial charge in [0.15, 0.2) is 5.82 Å². The molecular weight excluding hydrogens is 254 g/mol. The van der Waals surface area contributed by atoms with E-state index < -0.39 is 0 Å². The van der Waals surface area contributed by atoms with Gasteiger partial charge in [0.05, 0.1) is 0 Å². The molecule has 1 heterocycles. The average molecular weight is 279 g/mol. The zero-order chi connectivity index (χ0) is 14.8. The monoisotopic (exact) mass is 279 g/mol. The lowest BCUT2D eigenvalue weighted by atomic mass is 10.2. The fraction of sp³-hybridized carbons (Fsp3) is 0.643. The summed E-state index contributed by atoms with van der Waals surface area (Å²) in [7, 11) is 4.10. The summed E-state index contributed by atoms with van der Waals surface area (Å²) in [5, 5.41) is 14.0. The van der Waals surface area contributed by atoms with Gasteiger partial charge in [0, 0.05) is 13.0 Å². The van der Waals surface area contributed by atoms with Crippen molar-refractivity contribution >= 4 is 17.5 Å². The van der Waals surface area contributed by atoms with Crippen LogP contribution in [-0.4, -0.2) is 48.2 Å². The molecule has 6 nitrogen and oxygen atoms in total. The molecule has 20 heavy (non-hydrogen) atoms. The quantitative estimate of drug-likeness (QED) is 0.676. The van der Waals surface area contributed by atoms with Crippen molar-refractivity contribution in [2.24, 2.45) is 0 Å². The number of carbonyl (C=O) groups is 1. The van der Waals surface area contributed by atoms with Crippen LogP contribution in [0.15, 0.2) is 12.1 Å². The first-order valence-electron chi connectivity index (χ1n) is 7.14. The molecule has 0 fully saturated rings. The predicted molar refractivity (Wildman–Crippen MR) is 81.8 cm³/mol. The van der Waals surface area contributed by atoms with Crippen LogP contribution >= 0.6 is 0 Å². The van der Waals surface area contributed by atoms with E-state index in [1.807, 2.05) is 6.07 Å². The Kier molecular flexibility index (Phi) is 7.57. The molecule has 0 atom stereocenters. The van der Waals surface area contributed by atoms with Gasteiger partial charge in [-0.15, -0.1) is 10.2 Å². The van der Waals surface area contributed by atoms with Crippen LogP contribution in [0.1, 0.15) is 32.6 Å². The molecule has 1 amide bonds. The maximum Gasteiger partial charge on any atom is 0.225 e. The summed E-state index contributed by atoms with van der Waals surface area (Å²) in [5.41, 5.74) is 0. The van der Waals surface area contributed by atoms with Crippen molar-refractivity contribution in [3.05, 3.63) is 12.1 Å². The Hall–Kier alpha value is -1.69. The molecule has 0 aromatic carbocycles. The molecule has 0 radical (unpaired) electrons. The van der Waals surface area contributed by atoms with Crippen LogP contribution in [0, 0.1) is 0 Å². The molecule has 6 heteroatoms. The van der Waals surface area contributed by atoms with E-state index in [1.54, 1.807) is 6.07 Å². The van der Waals surface area contributed by atoms with E-state index in [1.165, 1.54) is 0 Å². The number of hydrogen-bond acceptors (Lipinski definition) is 5. The highest BCUT2D eigenvalue weighted by Crippen LogP contribution is 2.07. The van der Waals surface area contributed by atoms with Gasteiger partial charge >= 0.3 is 0 Å². The third-order valence-corrected chi connectivity index (χ3v) is 2.78. The van der Waals surface area contributed by atoms with E-state index in [0.29, 0.717) is 12.2 Å². The number of aromatic nitrogens is 2. The Labute approximate surface area is 121 Å². The average Bonchev–Trinajstić information content (AvgIpc) is 2.43. The van der Waals surface area contributed by atoms with Crippen molar-refractivity contribution in [2.45, 2.75) is 32.6 Å². The third kappa shape index (κ3) is 7.04. The van der Waals surface area contributed by atoms with E-state index in [4.69, 9.17) is 0 Å². The Balaban J connectivity index is 2.31. The zero-order valence-corrected chi connectivity index (χ0v) is 12.6. The predicted octanol–water partition coefficient (Wildman–Crippen LogP) is 1.97. The van der Waals surface area contributed by atoms with Gasteiger partial charge in [-0.1, -0.05) is 13.3 Å². The first-order chi connectivity index (χ1) is 9.61. The summed E-state index contributed by atoms with van der Waals surface area (Å²) in [6.45, 7) is 3.95. The molecule has 0 saturated carbocycles. The lowest BCUT2D eigenvalue weighted by molar-refractivity contribution is -0.116. The van der Waals surface area contributed by atoms with Crippen LogP contribution in [0.25, 0.3) is 0 Å². The highest BCUT2D eigenvalue weighted by atomic mass is 16.1. The number of anilines is 2. The Bertz CT molecular complexity index is 391. The van der Waals surface area contributed by atoms with Crippen LogP contribution in [0.2, 0.25) is 0 Å². The van der Waals surface area contributed by atoms with Crippen molar-refractivity contribution in [3.63, 3.8) is 0 Å². The van der Waals surface area contributed by atoms with Gasteiger partial charge in [-0.25, -0.2) is 0 Å². The second kappa shape index (κ2) is 9.25. The van der Waals surface area contributed by atoms with Crippen molar-refractivity contribution in [2.75, 3.05) is 37.8 Å². The molecule has 0 unspecified atom stereocenters. The second-order valence-corrected chi connectivity index (χ2v) is 5.04. The standard InChI is InChI=1S/C14H25N5O/c1-4-5-7-14(20)16-13-9-8-12(17-18-13)15-10-6-11-19(2)3/h8-9H,4-7,10-11H2,1-3H3,(H,15,17)(H,16,18,20). The summed E-state index contributed by atoms with van der Waals surface area (Å²) in [6.07, 6.45) is 3.48. The molecule has 0 aliphatic heterocycles. The fourth-order valence-corrected chi connectivity index (χ4v) is 1.65. The minimum Gasteiger partial charge on any atom is -0.369 e. The van der Waals surface area contributed by atoms with E-state index >= 15 is 0 Å². The van der Waals surface area contributed by atoms with Gasteiger partial charge in [-0.05, 0) is 45.6 Å². The number of amides is 1. The molecule has 1 aromatic rings. The molecular formula is C14H25N5O. The van der Waals surface area contributed by atoms with Crippen LogP contribution in [0.3, 0.4) is 0 Å². The SMILES string of the molecule is CCCCC(=O)Nc1ccc(NCCCN(C)C)nn1. The molecule has 1 aromatic heterocycles. The smallest absolute Gasteiger partial charge is 0.225 e. The Morgan fingerprint density at radius 3 is 2.50 bits per heavy atom. The van der Waals surface area contributed by atoms with Gasteiger partial charge in [-0.2, -0.15) is 0 Å². The summed E-state index contributed by atoms with van der Waals surface area (Å²) >= 11 is 0. The van der Waals surface area contributed by atoms with Gasteiger partial charge < -0.3 is 15.5 Å². The number of carbonyl (C=O) groups excluding carboxylic acids is 1. The third-order valence-electron chi connectivity index (χ3n) is 2.78. The summed E-state index contributed by atoms with van der Waals surface area (Å²) in [4.78, 5) is 13.7. The lowest BCUT2D eigenvalue weighted by Gasteiger charge is -2.10. The highest BCUT2D eigenvalue weighted by Gasteiger charge is 2.03. The molecule has 112 valence electrons. The zero-order valence-electron chi connectivity index (χ0n) is 12.6. The summed E-state index contributed by atoms with van der Waals surface area (Å²) in [5.74, 6) is 1.23. The van der Waals surface area contributed by atoms with Gasteiger partial charge in [0.1, 0.15) is 5.82 Å². The van der Waals surface area contributed by atoms with Crippen molar-refractivity contribution in [1.29, 1.82) is 0 Å². The van der Waals surface area contributed by atoms with E-state index in [-0.39, 0.29) is 5.91 Å². The first-order valence-corrected chi connectivity index (χ1v) is 7.14. The maximum atomic E-state index is 11.5. The number of nitrogens with one attached hydrogen (secondary N) is 2. The van der Waals surface area contributed by atoms with Gasteiger partial charge in [0.25, 0.3) is 0 Å². The van der Waals surface area contributed by atoms with E-state index in [2.05, 4.69) is 46.7 Å². The second-order valence-electron chi connectivity index (χ2n) is 5.04. The van der Waals surface area contributed by atoms with Gasteiger partial charge in [-0.3, -0.25) is 4.79 Å². The minimum atomic E-state index is -0.00663. The molecule has 0 aliphatic rings. The summed E-state index contributed by atoms with van der Waals surface area (Å²) in [6, 6.07) is 3.60. The first kappa shape index (κ1) is 16.4. The van der Waals surface area contributed by atoms with Crippen LogP contribution in [0.4, 0.5) is 11.6 Å². The van der Waals surface area contributed by atoms with Crippen molar-refractivity contribution < 1.29 is 4.79 Å². The Morgan fingerprint density at radius 2 is 1.90 bits per heavy atom. The topological polar surface area (TPSA) is 70.2 Å². The Morgan fingerprint density at radius 1 is 1.20 bits per heavy atom. The number of rotatable bonds is 9.